The van der Waals surface area contributed by atoms with Gasteiger partial charge < -0.3 is 10.6 Å². The molecule has 1 atom stereocenters. The summed E-state index contributed by atoms with van der Waals surface area (Å²) in [7, 11) is 0. The lowest BCUT2D eigenvalue weighted by atomic mass is 9.77. The topological polar surface area (TPSA) is 75.0 Å². The molecular weight excluding hydrogens is 360 g/mol. The summed E-state index contributed by atoms with van der Waals surface area (Å²) in [6.07, 6.45) is 6.27. The number of hydrogen-bond donors (Lipinski definition) is 2. The highest BCUT2D eigenvalue weighted by Gasteiger charge is 2.44. The second-order valence-electron chi connectivity index (χ2n) is 8.36. The van der Waals surface area contributed by atoms with Crippen LogP contribution in [-0.2, 0) is 18.4 Å². The highest BCUT2D eigenvalue weighted by molar-refractivity contribution is 5.95. The Bertz CT molecular complexity index is 1040. The van der Waals surface area contributed by atoms with Gasteiger partial charge in [0.25, 0.3) is 5.91 Å². The molecule has 0 saturated carbocycles. The van der Waals surface area contributed by atoms with E-state index in [2.05, 4.69) is 28.4 Å². The molecule has 5 nitrogen and oxygen atoms in total. The molecule has 1 aliphatic heterocycles. The number of amides is 1. The lowest BCUT2D eigenvalue weighted by Crippen LogP contribution is -2.47. The van der Waals surface area contributed by atoms with Crippen molar-refractivity contribution in [3.05, 3.63) is 77.1 Å². The molecule has 1 aromatic heterocycles. The number of H-pyrrole nitrogens is 1. The van der Waals surface area contributed by atoms with Crippen LogP contribution in [0.25, 0.3) is 11.1 Å². The molecule has 2 aliphatic rings. The number of hydrogen-bond acceptors (Lipinski definition) is 3. The number of nitrogens with one attached hydrogen (secondary N) is 1. The zero-order valence-corrected chi connectivity index (χ0v) is 16.5. The van der Waals surface area contributed by atoms with Gasteiger partial charge in [0, 0.05) is 36.3 Å². The summed E-state index contributed by atoms with van der Waals surface area (Å²) in [5.41, 5.74) is 12.3. The molecule has 148 valence electrons. The number of nitrogens with two attached hydrogens (primary N) is 1. The van der Waals surface area contributed by atoms with Crippen LogP contribution in [0.5, 0.6) is 0 Å². The number of aromatic amines is 1. The average Bonchev–Trinajstić information content (AvgIpc) is 3.38. The summed E-state index contributed by atoms with van der Waals surface area (Å²) in [5, 5.41) is 7.46. The SMILES string of the molecule is NCc1ccc(-c2cccc(C(=O)N3CCCC4(CCc5cn[nH]c54)C3)c2)cc1. The maximum atomic E-state index is 13.4. The third kappa shape index (κ3) is 3.15. The summed E-state index contributed by atoms with van der Waals surface area (Å²) in [6, 6.07) is 16.2. The molecule has 1 saturated heterocycles. The number of benzene rings is 2. The molecule has 0 radical (unpaired) electrons. The number of piperidine rings is 1. The number of nitrogens with zero attached hydrogens (tertiary/aromatic N) is 2. The van der Waals surface area contributed by atoms with Gasteiger partial charge in [0.1, 0.15) is 0 Å². The Morgan fingerprint density at radius 2 is 2.00 bits per heavy atom. The number of fused-ring (bicyclic) bond motifs is 2. The number of likely N-dealkylation sites (tertiary alicyclic amines) is 1. The van der Waals surface area contributed by atoms with E-state index in [0.717, 1.165) is 61.0 Å². The first-order chi connectivity index (χ1) is 14.2. The van der Waals surface area contributed by atoms with E-state index in [-0.39, 0.29) is 11.3 Å². The lowest BCUT2D eigenvalue weighted by molar-refractivity contribution is 0.0633. The Morgan fingerprint density at radius 3 is 2.83 bits per heavy atom. The van der Waals surface area contributed by atoms with Crippen LogP contribution in [0.3, 0.4) is 0 Å². The van der Waals surface area contributed by atoms with Crippen molar-refractivity contribution in [3.63, 3.8) is 0 Å². The van der Waals surface area contributed by atoms with Crippen molar-refractivity contribution in [2.75, 3.05) is 13.1 Å². The highest BCUT2D eigenvalue weighted by atomic mass is 16.2. The minimum atomic E-state index is 0.0510. The second kappa shape index (κ2) is 7.16. The smallest absolute Gasteiger partial charge is 0.253 e. The van der Waals surface area contributed by atoms with E-state index in [0.29, 0.717) is 6.54 Å². The fourth-order valence-corrected chi connectivity index (χ4v) is 5.02. The molecule has 1 amide bonds. The van der Waals surface area contributed by atoms with Crippen LogP contribution in [0.4, 0.5) is 0 Å². The molecule has 5 heteroatoms. The standard InChI is InChI=1S/C24H26N4O/c25-14-17-5-7-18(8-6-17)19-3-1-4-20(13-19)23(29)28-12-2-10-24(16-28)11-9-21-15-26-27-22(21)24/h1,3-8,13,15H,2,9-12,14,16,25H2,(H,26,27). The fourth-order valence-electron chi connectivity index (χ4n) is 5.02. The van der Waals surface area contributed by atoms with Crippen molar-refractivity contribution in [1.29, 1.82) is 0 Å². The Labute approximate surface area is 170 Å². The molecule has 1 fully saturated rings. The van der Waals surface area contributed by atoms with Crippen LogP contribution in [0.15, 0.2) is 54.7 Å². The van der Waals surface area contributed by atoms with Gasteiger partial charge in [0.15, 0.2) is 0 Å². The van der Waals surface area contributed by atoms with Crippen LogP contribution in [0.1, 0.15) is 46.4 Å². The predicted octanol–water partition coefficient (Wildman–Crippen LogP) is 3.66. The normalized spacial score (nSPS) is 20.8. The monoisotopic (exact) mass is 386 g/mol. The zero-order valence-electron chi connectivity index (χ0n) is 16.5. The van der Waals surface area contributed by atoms with Crippen LogP contribution in [0, 0.1) is 0 Å². The Kier molecular flexibility index (Phi) is 4.47. The second-order valence-corrected chi connectivity index (χ2v) is 8.36. The Balaban J connectivity index is 1.39. The van der Waals surface area contributed by atoms with Gasteiger partial charge in [-0.25, -0.2) is 0 Å². The number of aryl methyl sites for hydroxylation is 1. The van der Waals surface area contributed by atoms with Crippen LogP contribution < -0.4 is 5.73 Å². The van der Waals surface area contributed by atoms with Crippen LogP contribution in [0.2, 0.25) is 0 Å². The van der Waals surface area contributed by atoms with Crippen LogP contribution in [-0.4, -0.2) is 34.1 Å². The van der Waals surface area contributed by atoms with Gasteiger partial charge in [-0.1, -0.05) is 36.4 Å². The van der Waals surface area contributed by atoms with E-state index < -0.39 is 0 Å². The molecule has 2 heterocycles. The summed E-state index contributed by atoms with van der Waals surface area (Å²) in [6.45, 7) is 2.13. The van der Waals surface area contributed by atoms with E-state index in [1.807, 2.05) is 41.4 Å². The minimum Gasteiger partial charge on any atom is -0.338 e. The third-order valence-corrected chi connectivity index (χ3v) is 6.62. The van der Waals surface area contributed by atoms with Gasteiger partial charge in [-0.2, -0.15) is 5.10 Å². The Morgan fingerprint density at radius 1 is 1.14 bits per heavy atom. The van der Waals surface area contributed by atoms with Crippen molar-refractivity contribution < 1.29 is 4.79 Å². The van der Waals surface area contributed by atoms with Crippen molar-refractivity contribution in [3.8, 4) is 11.1 Å². The minimum absolute atomic E-state index is 0.0510. The molecule has 1 spiro atoms. The Hall–Kier alpha value is -2.92. The number of carbonyl (C=O) groups excluding carboxylic acids is 1. The van der Waals surface area contributed by atoms with Gasteiger partial charge in [-0.05, 0) is 60.1 Å². The summed E-state index contributed by atoms with van der Waals surface area (Å²) < 4.78 is 0. The predicted molar refractivity (Wildman–Crippen MR) is 113 cm³/mol. The van der Waals surface area contributed by atoms with E-state index in [1.54, 1.807) is 0 Å². The highest BCUT2D eigenvalue weighted by Crippen LogP contribution is 2.44. The van der Waals surface area contributed by atoms with E-state index in [1.165, 1.54) is 11.3 Å². The van der Waals surface area contributed by atoms with Crippen molar-refractivity contribution in [2.45, 2.75) is 37.6 Å². The first-order valence-electron chi connectivity index (χ1n) is 10.4. The maximum Gasteiger partial charge on any atom is 0.253 e. The van der Waals surface area contributed by atoms with Crippen molar-refractivity contribution in [1.82, 2.24) is 15.1 Å². The van der Waals surface area contributed by atoms with Gasteiger partial charge in [-0.15, -0.1) is 0 Å². The molecule has 3 aromatic rings. The first-order valence-corrected chi connectivity index (χ1v) is 10.4. The summed E-state index contributed by atoms with van der Waals surface area (Å²) in [5.74, 6) is 0.123. The number of rotatable bonds is 3. The molecule has 5 rings (SSSR count). The molecule has 1 unspecified atom stereocenters. The van der Waals surface area contributed by atoms with Gasteiger partial charge >= 0.3 is 0 Å². The van der Waals surface area contributed by atoms with E-state index in [9.17, 15) is 4.79 Å². The largest absolute Gasteiger partial charge is 0.338 e. The van der Waals surface area contributed by atoms with Crippen molar-refractivity contribution in [2.24, 2.45) is 5.73 Å². The summed E-state index contributed by atoms with van der Waals surface area (Å²) >= 11 is 0. The van der Waals surface area contributed by atoms with Gasteiger partial charge in [0.05, 0.1) is 6.20 Å². The zero-order chi connectivity index (χ0) is 19.8. The number of aromatic nitrogens is 2. The van der Waals surface area contributed by atoms with E-state index in [4.69, 9.17) is 5.73 Å². The van der Waals surface area contributed by atoms with Gasteiger partial charge in [0.2, 0.25) is 0 Å². The molecule has 29 heavy (non-hydrogen) atoms. The quantitative estimate of drug-likeness (QED) is 0.721. The van der Waals surface area contributed by atoms with E-state index >= 15 is 0 Å². The summed E-state index contributed by atoms with van der Waals surface area (Å²) in [4.78, 5) is 15.4. The van der Waals surface area contributed by atoms with Crippen molar-refractivity contribution >= 4 is 5.91 Å². The third-order valence-electron chi connectivity index (χ3n) is 6.62. The number of carbonyl (C=O) groups is 1. The molecule has 1 aliphatic carbocycles. The average molecular weight is 386 g/mol. The molecular formula is C24H26N4O. The maximum absolute atomic E-state index is 13.4. The van der Waals surface area contributed by atoms with Gasteiger partial charge in [-0.3, -0.25) is 9.89 Å². The van der Waals surface area contributed by atoms with Crippen LogP contribution >= 0.6 is 0 Å². The lowest BCUT2D eigenvalue weighted by Gasteiger charge is -2.40. The molecule has 3 N–H and O–H groups in total. The first kappa shape index (κ1) is 18.1. The molecule has 2 aromatic carbocycles. The fraction of sp³-hybridized carbons (Fsp3) is 0.333. The molecule has 0 bridgehead atoms.